The van der Waals surface area contributed by atoms with Crippen molar-refractivity contribution in [1.29, 1.82) is 0 Å². The van der Waals surface area contributed by atoms with Crippen molar-refractivity contribution in [3.63, 3.8) is 0 Å². The zero-order valence-electron chi connectivity index (χ0n) is 30.5. The molecular weight excluding hydrogens is 669 g/mol. The smallest absolute Gasteiger partial charge is 0.154 e. The summed E-state index contributed by atoms with van der Waals surface area (Å²) < 4.78 is 0. The zero-order chi connectivity index (χ0) is 35.0. The van der Waals surface area contributed by atoms with E-state index in [2.05, 4.69) is 106 Å². The van der Waals surface area contributed by atoms with Crippen LogP contribution < -0.4 is 0 Å². The Kier molecular flexibility index (Phi) is 9.36. The SMILES string of the molecule is CCc1cc(-c2cc(C)c(C3=CC4=C(C=C(c5sc(C(C)(C)C)cc5C)C(O)N4C)N(C)C3O)s2)sc1-c1sc(C(C)(C)C)cc1CC. The first-order chi connectivity index (χ1) is 22.4. The summed E-state index contributed by atoms with van der Waals surface area (Å²) >= 11 is 7.38. The van der Waals surface area contributed by atoms with Crippen LogP contribution in [0.5, 0.6) is 0 Å². The summed E-state index contributed by atoms with van der Waals surface area (Å²) in [7, 11) is 3.91. The van der Waals surface area contributed by atoms with Gasteiger partial charge in [-0.2, -0.15) is 0 Å². The van der Waals surface area contributed by atoms with Crippen LogP contribution in [0.3, 0.4) is 0 Å². The molecule has 0 saturated carbocycles. The summed E-state index contributed by atoms with van der Waals surface area (Å²) in [5.74, 6) is 0. The van der Waals surface area contributed by atoms with Gasteiger partial charge in [0.25, 0.3) is 0 Å². The molecule has 6 heterocycles. The molecule has 4 aromatic rings. The summed E-state index contributed by atoms with van der Waals surface area (Å²) in [6.07, 6.45) is 4.61. The molecular formula is C40H50N2O2S4. The molecule has 0 amide bonds. The third kappa shape index (κ3) is 6.11. The highest BCUT2D eigenvalue weighted by molar-refractivity contribution is 7.27. The van der Waals surface area contributed by atoms with E-state index in [4.69, 9.17) is 0 Å². The first-order valence-electron chi connectivity index (χ1n) is 16.9. The maximum Gasteiger partial charge on any atom is 0.154 e. The van der Waals surface area contributed by atoms with E-state index >= 15 is 0 Å². The molecule has 2 aliphatic heterocycles. The van der Waals surface area contributed by atoms with Crippen molar-refractivity contribution in [2.45, 2.75) is 105 Å². The van der Waals surface area contributed by atoms with E-state index in [1.165, 1.54) is 46.0 Å². The van der Waals surface area contributed by atoms with Gasteiger partial charge in [-0.1, -0.05) is 55.4 Å². The second kappa shape index (κ2) is 12.7. The highest BCUT2D eigenvalue weighted by atomic mass is 32.1. The topological polar surface area (TPSA) is 46.9 Å². The molecule has 0 radical (unpaired) electrons. The summed E-state index contributed by atoms with van der Waals surface area (Å²) in [4.78, 5) is 14.2. The Morgan fingerprint density at radius 1 is 0.583 bits per heavy atom. The first kappa shape index (κ1) is 35.4. The maximum atomic E-state index is 11.8. The van der Waals surface area contributed by atoms with Crippen molar-refractivity contribution >= 4 is 56.5 Å². The first-order valence-corrected chi connectivity index (χ1v) is 20.2. The van der Waals surface area contributed by atoms with E-state index in [-0.39, 0.29) is 10.8 Å². The van der Waals surface area contributed by atoms with Gasteiger partial charge in [0.15, 0.2) is 12.5 Å². The molecule has 0 aromatic carbocycles. The van der Waals surface area contributed by atoms with Gasteiger partial charge in [-0.25, -0.2) is 0 Å². The van der Waals surface area contributed by atoms with Gasteiger partial charge in [0.1, 0.15) is 0 Å². The zero-order valence-corrected chi connectivity index (χ0v) is 33.7. The van der Waals surface area contributed by atoms with Crippen molar-refractivity contribution in [1.82, 2.24) is 9.80 Å². The summed E-state index contributed by atoms with van der Waals surface area (Å²) in [6, 6.07) is 9.34. The minimum atomic E-state index is -0.802. The molecule has 8 heteroatoms. The number of aryl methyl sites for hydroxylation is 4. The molecule has 4 aromatic heterocycles. The van der Waals surface area contributed by atoms with Gasteiger partial charge in [0, 0.05) is 64.3 Å². The van der Waals surface area contributed by atoms with Crippen LogP contribution in [0.15, 0.2) is 47.8 Å². The lowest BCUT2D eigenvalue weighted by molar-refractivity contribution is 0.0724. The van der Waals surface area contributed by atoms with Gasteiger partial charge in [-0.05, 0) is 96.2 Å². The van der Waals surface area contributed by atoms with Gasteiger partial charge in [-0.3, -0.25) is 0 Å². The van der Waals surface area contributed by atoms with Crippen molar-refractivity contribution in [2.24, 2.45) is 0 Å². The minimum Gasteiger partial charge on any atom is -0.369 e. The van der Waals surface area contributed by atoms with Crippen LogP contribution >= 0.6 is 45.3 Å². The Bertz CT molecular complexity index is 1960. The van der Waals surface area contributed by atoms with E-state index in [1.807, 2.05) is 46.6 Å². The molecule has 2 atom stereocenters. The Morgan fingerprint density at radius 2 is 0.979 bits per heavy atom. The Hall–Kier alpha value is -2.46. The predicted octanol–water partition coefficient (Wildman–Crippen LogP) is 10.8. The number of rotatable bonds is 6. The van der Waals surface area contributed by atoms with Gasteiger partial charge in [0.2, 0.25) is 0 Å². The number of aliphatic hydroxyl groups is 2. The molecule has 0 bridgehead atoms. The largest absolute Gasteiger partial charge is 0.369 e. The Morgan fingerprint density at radius 3 is 1.48 bits per heavy atom. The number of hydrogen-bond acceptors (Lipinski definition) is 8. The average molecular weight is 719 g/mol. The summed E-state index contributed by atoms with van der Waals surface area (Å²) in [5, 5.41) is 23.4. The van der Waals surface area contributed by atoms with Crippen molar-refractivity contribution in [3.05, 3.63) is 89.6 Å². The standard InChI is InChI=1S/C40H50N2O2S4/c1-13-23-17-30(46-35(23)36-24(14-2)18-32(48-36)40(8,9)10)29-15-21(3)33(45-29)25-19-27-28(41(11)37(25)43)20-26(38(44)42(27)12)34-22(4)16-31(47-34)39(5,6)7/h15-20,37-38,43-44H,13-14H2,1-12H3. The average Bonchev–Trinajstić information content (AvgIpc) is 3.80. The van der Waals surface area contributed by atoms with E-state index in [9.17, 15) is 10.2 Å². The lowest BCUT2D eigenvalue weighted by Crippen LogP contribution is -2.42. The molecule has 2 N–H and O–H groups in total. The summed E-state index contributed by atoms with van der Waals surface area (Å²) in [5.41, 5.74) is 8.94. The second-order valence-electron chi connectivity index (χ2n) is 15.3. The van der Waals surface area contributed by atoms with Crippen LogP contribution in [0.25, 0.3) is 30.7 Å². The Labute approximate surface area is 303 Å². The number of hydrogen-bond donors (Lipinski definition) is 2. The Balaban J connectivity index is 1.39. The van der Waals surface area contributed by atoms with E-state index < -0.39 is 12.5 Å². The fourth-order valence-electron chi connectivity index (χ4n) is 6.49. The van der Waals surface area contributed by atoms with Crippen LogP contribution in [-0.4, -0.2) is 46.6 Å². The quantitative estimate of drug-likeness (QED) is 0.208. The number of allylic oxidation sites excluding steroid dienone is 2. The van der Waals surface area contributed by atoms with Crippen LogP contribution in [0.4, 0.5) is 0 Å². The molecule has 48 heavy (non-hydrogen) atoms. The van der Waals surface area contributed by atoms with Crippen molar-refractivity contribution < 1.29 is 10.2 Å². The molecule has 2 unspecified atom stereocenters. The fourth-order valence-corrected chi connectivity index (χ4v) is 11.8. The van der Waals surface area contributed by atoms with Gasteiger partial charge < -0.3 is 20.0 Å². The van der Waals surface area contributed by atoms with E-state index in [1.54, 1.807) is 22.7 Å². The monoisotopic (exact) mass is 718 g/mol. The second-order valence-corrected chi connectivity index (χ2v) is 19.5. The minimum absolute atomic E-state index is 0.0397. The highest BCUT2D eigenvalue weighted by Crippen LogP contribution is 2.49. The van der Waals surface area contributed by atoms with Gasteiger partial charge in [0.05, 0.1) is 11.4 Å². The van der Waals surface area contributed by atoms with Crippen molar-refractivity contribution in [2.75, 3.05) is 14.1 Å². The third-order valence-corrected chi connectivity index (χ3v) is 15.7. The predicted molar refractivity (Wildman–Crippen MR) is 211 cm³/mol. The molecule has 0 fully saturated rings. The normalized spacial score (nSPS) is 18.9. The van der Waals surface area contributed by atoms with Crippen LogP contribution in [-0.2, 0) is 23.7 Å². The molecule has 0 spiro atoms. The number of likely N-dealkylation sites (N-methyl/N-ethyl adjacent to an activating group) is 2. The highest BCUT2D eigenvalue weighted by Gasteiger charge is 2.36. The van der Waals surface area contributed by atoms with Crippen molar-refractivity contribution in [3.8, 4) is 19.5 Å². The molecule has 0 saturated heterocycles. The summed E-state index contributed by atoms with van der Waals surface area (Å²) in [6.45, 7) is 22.4. The van der Waals surface area contributed by atoms with Crippen LogP contribution in [0.1, 0.15) is 97.2 Å². The third-order valence-electron chi connectivity index (χ3n) is 9.56. The van der Waals surface area contributed by atoms with Crippen LogP contribution in [0.2, 0.25) is 0 Å². The van der Waals surface area contributed by atoms with Crippen LogP contribution in [0, 0.1) is 13.8 Å². The van der Waals surface area contributed by atoms with E-state index in [0.29, 0.717) is 0 Å². The van der Waals surface area contributed by atoms with E-state index in [0.717, 1.165) is 50.7 Å². The molecule has 0 aliphatic carbocycles. The fraction of sp³-hybridized carbons (Fsp3) is 0.450. The lowest BCUT2D eigenvalue weighted by atomic mass is 9.93. The molecule has 6 rings (SSSR count). The lowest BCUT2D eigenvalue weighted by Gasteiger charge is -2.41. The molecule has 256 valence electrons. The number of thiophene rings is 4. The van der Waals surface area contributed by atoms with Gasteiger partial charge in [-0.15, -0.1) is 45.3 Å². The molecule has 4 nitrogen and oxygen atoms in total. The number of aliphatic hydroxyl groups excluding tert-OH is 2. The molecule has 2 aliphatic rings. The van der Waals surface area contributed by atoms with Gasteiger partial charge >= 0.3 is 0 Å². The maximum absolute atomic E-state index is 11.8. The number of nitrogens with zero attached hydrogens (tertiary/aromatic N) is 2.